The van der Waals surface area contributed by atoms with Gasteiger partial charge in [-0.15, -0.1) is 0 Å². The number of alkyl halides is 3. The highest BCUT2D eigenvalue weighted by Gasteiger charge is 2.30. The van der Waals surface area contributed by atoms with Gasteiger partial charge in [-0.2, -0.15) is 13.2 Å². The summed E-state index contributed by atoms with van der Waals surface area (Å²) in [5.74, 6) is 0.897. The fourth-order valence-corrected chi connectivity index (χ4v) is 2.02. The van der Waals surface area contributed by atoms with Gasteiger partial charge < -0.3 is 10.1 Å². The molecular formula is C13H17F3N2O. The summed E-state index contributed by atoms with van der Waals surface area (Å²) in [5, 5.41) is 3.34. The molecule has 0 aromatic carbocycles. The first-order valence-electron chi connectivity index (χ1n) is 6.34. The van der Waals surface area contributed by atoms with E-state index in [9.17, 15) is 13.2 Å². The van der Waals surface area contributed by atoms with Crippen LogP contribution in [-0.4, -0.2) is 24.2 Å². The topological polar surface area (TPSA) is 34.1 Å². The minimum atomic E-state index is -4.35. The van der Waals surface area contributed by atoms with Crippen molar-refractivity contribution in [2.75, 3.05) is 13.2 Å². The lowest BCUT2D eigenvalue weighted by molar-refractivity contribution is -0.137. The van der Waals surface area contributed by atoms with Crippen molar-refractivity contribution in [1.82, 2.24) is 10.3 Å². The average molecular weight is 274 g/mol. The first-order chi connectivity index (χ1) is 8.95. The highest BCUT2D eigenvalue weighted by Crippen LogP contribution is 2.29. The van der Waals surface area contributed by atoms with Crippen LogP contribution < -0.4 is 10.1 Å². The molecule has 1 aliphatic heterocycles. The second-order valence-corrected chi connectivity index (χ2v) is 4.98. The quantitative estimate of drug-likeness (QED) is 0.920. The number of ether oxygens (including phenoxy) is 1. The van der Waals surface area contributed by atoms with Crippen LogP contribution in [0.25, 0.3) is 0 Å². The van der Waals surface area contributed by atoms with Crippen molar-refractivity contribution in [3.63, 3.8) is 0 Å². The van der Waals surface area contributed by atoms with Crippen LogP contribution in [0.5, 0.6) is 5.88 Å². The summed E-state index contributed by atoms with van der Waals surface area (Å²) >= 11 is 0. The van der Waals surface area contributed by atoms with E-state index in [1.54, 1.807) is 0 Å². The molecule has 2 atom stereocenters. The SMILES string of the molecule is CC1CCC(COc2ccc(C(F)(F)F)cn2)NC1. The van der Waals surface area contributed by atoms with Gasteiger partial charge in [-0.3, -0.25) is 0 Å². The van der Waals surface area contributed by atoms with Crippen LogP contribution in [-0.2, 0) is 6.18 Å². The van der Waals surface area contributed by atoms with E-state index in [0.717, 1.165) is 31.6 Å². The van der Waals surface area contributed by atoms with E-state index in [2.05, 4.69) is 17.2 Å². The van der Waals surface area contributed by atoms with Crippen LogP contribution in [0.4, 0.5) is 13.2 Å². The molecule has 1 aliphatic rings. The smallest absolute Gasteiger partial charge is 0.417 e. The Bertz CT molecular complexity index is 397. The zero-order valence-corrected chi connectivity index (χ0v) is 10.7. The molecule has 0 amide bonds. The molecule has 2 rings (SSSR count). The highest BCUT2D eigenvalue weighted by molar-refractivity contribution is 5.20. The number of pyridine rings is 1. The Morgan fingerprint density at radius 3 is 2.68 bits per heavy atom. The van der Waals surface area contributed by atoms with E-state index >= 15 is 0 Å². The predicted octanol–water partition coefficient (Wildman–Crippen LogP) is 2.87. The molecule has 6 heteroatoms. The molecule has 3 nitrogen and oxygen atoms in total. The molecule has 0 radical (unpaired) electrons. The predicted molar refractivity (Wildman–Crippen MR) is 64.9 cm³/mol. The van der Waals surface area contributed by atoms with Gasteiger partial charge in [-0.1, -0.05) is 6.92 Å². The number of nitrogens with one attached hydrogen (secondary N) is 1. The van der Waals surface area contributed by atoms with E-state index in [1.165, 1.54) is 6.07 Å². The maximum Gasteiger partial charge on any atom is 0.417 e. The van der Waals surface area contributed by atoms with E-state index < -0.39 is 11.7 Å². The molecule has 106 valence electrons. The van der Waals surface area contributed by atoms with Crippen molar-refractivity contribution in [3.05, 3.63) is 23.9 Å². The normalized spacial score (nSPS) is 24.2. The molecule has 1 aromatic rings. The number of aromatic nitrogens is 1. The van der Waals surface area contributed by atoms with Gasteiger partial charge in [0, 0.05) is 18.3 Å². The zero-order valence-electron chi connectivity index (χ0n) is 10.7. The standard InChI is InChI=1S/C13H17F3N2O/c1-9-2-4-11(17-6-9)8-19-12-5-3-10(7-18-12)13(14,15)16/h3,5,7,9,11,17H,2,4,6,8H2,1H3. The molecule has 0 aliphatic carbocycles. The number of piperidine rings is 1. The third kappa shape index (κ3) is 4.09. The molecule has 0 bridgehead atoms. The summed E-state index contributed by atoms with van der Waals surface area (Å²) in [4.78, 5) is 3.67. The number of hydrogen-bond donors (Lipinski definition) is 1. The lowest BCUT2D eigenvalue weighted by Crippen LogP contribution is -2.41. The summed E-state index contributed by atoms with van der Waals surface area (Å²) in [7, 11) is 0. The maximum atomic E-state index is 12.3. The Morgan fingerprint density at radius 2 is 2.16 bits per heavy atom. The van der Waals surface area contributed by atoms with Crippen molar-refractivity contribution in [3.8, 4) is 5.88 Å². The summed E-state index contributed by atoms with van der Waals surface area (Å²) < 4.78 is 42.4. The average Bonchev–Trinajstić information content (AvgIpc) is 2.37. The van der Waals surface area contributed by atoms with Crippen molar-refractivity contribution < 1.29 is 17.9 Å². The largest absolute Gasteiger partial charge is 0.476 e. The van der Waals surface area contributed by atoms with E-state index in [4.69, 9.17) is 4.74 Å². The maximum absolute atomic E-state index is 12.3. The molecule has 19 heavy (non-hydrogen) atoms. The van der Waals surface area contributed by atoms with Crippen molar-refractivity contribution in [1.29, 1.82) is 0 Å². The van der Waals surface area contributed by atoms with Gasteiger partial charge in [0.2, 0.25) is 5.88 Å². The minimum Gasteiger partial charge on any atom is -0.476 e. The van der Waals surface area contributed by atoms with Gasteiger partial charge in [-0.05, 0) is 31.4 Å². The van der Waals surface area contributed by atoms with Crippen LogP contribution in [0.1, 0.15) is 25.3 Å². The zero-order chi connectivity index (χ0) is 13.9. The molecular weight excluding hydrogens is 257 g/mol. The molecule has 2 unspecified atom stereocenters. The van der Waals surface area contributed by atoms with Crippen molar-refractivity contribution in [2.45, 2.75) is 32.0 Å². The monoisotopic (exact) mass is 274 g/mol. The summed E-state index contributed by atoms with van der Waals surface area (Å²) in [6, 6.07) is 2.49. The number of nitrogens with zero attached hydrogens (tertiary/aromatic N) is 1. The van der Waals surface area contributed by atoms with Gasteiger partial charge in [0.1, 0.15) is 6.61 Å². The summed E-state index contributed by atoms with van der Waals surface area (Å²) in [5.41, 5.74) is -0.760. The van der Waals surface area contributed by atoms with Crippen LogP contribution >= 0.6 is 0 Å². The lowest BCUT2D eigenvalue weighted by atomic mass is 9.97. The van der Waals surface area contributed by atoms with Gasteiger partial charge in [0.25, 0.3) is 0 Å². The third-order valence-electron chi connectivity index (χ3n) is 3.26. The molecule has 1 saturated heterocycles. The Labute approximate surface area is 110 Å². The van der Waals surface area contributed by atoms with Crippen LogP contribution in [0.3, 0.4) is 0 Å². The van der Waals surface area contributed by atoms with E-state index in [1.807, 2.05) is 0 Å². The summed E-state index contributed by atoms with van der Waals surface area (Å²) in [6.07, 6.45) is -1.40. The molecule has 1 N–H and O–H groups in total. The van der Waals surface area contributed by atoms with Crippen LogP contribution in [0.2, 0.25) is 0 Å². The van der Waals surface area contributed by atoms with Crippen LogP contribution in [0.15, 0.2) is 18.3 Å². The second kappa shape index (κ2) is 5.77. The molecule has 0 saturated carbocycles. The third-order valence-corrected chi connectivity index (χ3v) is 3.26. The van der Waals surface area contributed by atoms with E-state index in [0.29, 0.717) is 12.5 Å². The number of hydrogen-bond acceptors (Lipinski definition) is 3. The highest BCUT2D eigenvalue weighted by atomic mass is 19.4. The van der Waals surface area contributed by atoms with Gasteiger partial charge in [0.05, 0.1) is 5.56 Å². The first kappa shape index (κ1) is 14.1. The molecule has 0 spiro atoms. The molecule has 2 heterocycles. The second-order valence-electron chi connectivity index (χ2n) is 4.98. The first-order valence-corrected chi connectivity index (χ1v) is 6.34. The minimum absolute atomic E-state index is 0.230. The fraction of sp³-hybridized carbons (Fsp3) is 0.615. The Balaban J connectivity index is 1.83. The van der Waals surface area contributed by atoms with Gasteiger partial charge in [-0.25, -0.2) is 4.98 Å². The van der Waals surface area contributed by atoms with Crippen molar-refractivity contribution >= 4 is 0 Å². The Morgan fingerprint density at radius 1 is 1.37 bits per heavy atom. The Kier molecular flexibility index (Phi) is 4.29. The Hall–Kier alpha value is -1.30. The van der Waals surface area contributed by atoms with Crippen LogP contribution in [0, 0.1) is 5.92 Å². The van der Waals surface area contributed by atoms with Crippen molar-refractivity contribution in [2.24, 2.45) is 5.92 Å². The van der Waals surface area contributed by atoms with Gasteiger partial charge >= 0.3 is 6.18 Å². The fourth-order valence-electron chi connectivity index (χ4n) is 2.02. The summed E-state index contributed by atoms with van der Waals surface area (Å²) in [6.45, 7) is 3.57. The molecule has 1 aromatic heterocycles. The molecule has 1 fully saturated rings. The number of halogens is 3. The lowest BCUT2D eigenvalue weighted by Gasteiger charge is -2.27. The van der Waals surface area contributed by atoms with Gasteiger partial charge in [0.15, 0.2) is 0 Å². The van der Waals surface area contributed by atoms with E-state index in [-0.39, 0.29) is 11.9 Å². The number of rotatable bonds is 3.